The number of benzene rings is 1. The van der Waals surface area contributed by atoms with E-state index >= 15 is 0 Å². The van der Waals surface area contributed by atoms with Crippen molar-refractivity contribution in [2.45, 2.75) is 57.5 Å². The number of carboxylic acid groups (broad SMARTS) is 1. The van der Waals surface area contributed by atoms with E-state index in [0.29, 0.717) is 12.3 Å². The molecule has 1 aliphatic rings. The Hall–Kier alpha value is -1.35. The Balaban J connectivity index is 2.17. The average Bonchev–Trinajstić information content (AvgIpc) is 2.41. The first-order chi connectivity index (χ1) is 9.13. The number of nitrogens with one attached hydrogen (secondary N) is 1. The van der Waals surface area contributed by atoms with Crippen LogP contribution < -0.4 is 5.32 Å². The van der Waals surface area contributed by atoms with Gasteiger partial charge in [-0.05, 0) is 36.3 Å². The van der Waals surface area contributed by atoms with Crippen molar-refractivity contribution in [3.8, 4) is 0 Å². The molecule has 0 bridgehead atoms. The van der Waals surface area contributed by atoms with Crippen LogP contribution in [0.25, 0.3) is 0 Å². The van der Waals surface area contributed by atoms with Crippen LogP contribution in [0.2, 0.25) is 0 Å². The SMILES string of the molecule is CCCC(NC1CCC(C)c2ccccc21)C(=O)O. The molecule has 0 aromatic heterocycles. The van der Waals surface area contributed by atoms with Crippen LogP contribution >= 0.6 is 0 Å². The summed E-state index contributed by atoms with van der Waals surface area (Å²) in [5.74, 6) is -0.165. The smallest absolute Gasteiger partial charge is 0.320 e. The first kappa shape index (κ1) is 14.1. The van der Waals surface area contributed by atoms with E-state index in [1.54, 1.807) is 0 Å². The van der Waals surface area contributed by atoms with Crippen molar-refractivity contribution < 1.29 is 9.90 Å². The van der Waals surface area contributed by atoms with E-state index in [0.717, 1.165) is 19.3 Å². The Labute approximate surface area is 115 Å². The summed E-state index contributed by atoms with van der Waals surface area (Å²) in [6, 6.07) is 8.16. The zero-order chi connectivity index (χ0) is 13.8. The van der Waals surface area contributed by atoms with Crippen LogP contribution in [-0.2, 0) is 4.79 Å². The second-order valence-corrected chi connectivity index (χ2v) is 5.51. The highest BCUT2D eigenvalue weighted by molar-refractivity contribution is 5.73. The Morgan fingerprint density at radius 1 is 1.37 bits per heavy atom. The fourth-order valence-corrected chi connectivity index (χ4v) is 2.99. The van der Waals surface area contributed by atoms with Crippen molar-refractivity contribution in [3.63, 3.8) is 0 Å². The third kappa shape index (κ3) is 3.16. The average molecular weight is 261 g/mol. The summed E-state index contributed by atoms with van der Waals surface area (Å²) in [7, 11) is 0. The minimum absolute atomic E-state index is 0.181. The van der Waals surface area contributed by atoms with Gasteiger partial charge in [-0.1, -0.05) is 44.5 Å². The van der Waals surface area contributed by atoms with E-state index in [2.05, 4.69) is 30.4 Å². The molecular weight excluding hydrogens is 238 g/mol. The zero-order valence-electron chi connectivity index (χ0n) is 11.7. The van der Waals surface area contributed by atoms with Gasteiger partial charge in [-0.15, -0.1) is 0 Å². The number of fused-ring (bicyclic) bond motifs is 1. The van der Waals surface area contributed by atoms with Gasteiger partial charge in [0.05, 0.1) is 0 Å². The maximum absolute atomic E-state index is 11.3. The highest BCUT2D eigenvalue weighted by Gasteiger charge is 2.27. The standard InChI is InChI=1S/C16H23NO2/c1-3-6-15(16(18)19)17-14-10-9-11(2)12-7-4-5-8-13(12)14/h4-5,7-8,11,14-15,17H,3,6,9-10H2,1-2H3,(H,18,19). The van der Waals surface area contributed by atoms with Gasteiger partial charge in [0.2, 0.25) is 0 Å². The molecule has 19 heavy (non-hydrogen) atoms. The fourth-order valence-electron chi connectivity index (χ4n) is 2.99. The molecule has 104 valence electrons. The van der Waals surface area contributed by atoms with Crippen LogP contribution in [0, 0.1) is 0 Å². The van der Waals surface area contributed by atoms with Gasteiger partial charge in [0, 0.05) is 6.04 Å². The van der Waals surface area contributed by atoms with Gasteiger partial charge in [0.1, 0.15) is 6.04 Å². The van der Waals surface area contributed by atoms with Crippen LogP contribution in [0.4, 0.5) is 0 Å². The van der Waals surface area contributed by atoms with Gasteiger partial charge in [0.15, 0.2) is 0 Å². The normalized spacial score (nSPS) is 23.7. The lowest BCUT2D eigenvalue weighted by Crippen LogP contribution is -2.40. The van der Waals surface area contributed by atoms with Crippen molar-refractivity contribution in [1.82, 2.24) is 5.32 Å². The van der Waals surface area contributed by atoms with Crippen LogP contribution in [0.15, 0.2) is 24.3 Å². The van der Waals surface area contributed by atoms with Crippen molar-refractivity contribution >= 4 is 5.97 Å². The van der Waals surface area contributed by atoms with Crippen molar-refractivity contribution in [2.24, 2.45) is 0 Å². The lowest BCUT2D eigenvalue weighted by molar-refractivity contribution is -0.140. The monoisotopic (exact) mass is 261 g/mol. The molecule has 0 saturated carbocycles. The minimum atomic E-state index is -0.738. The summed E-state index contributed by atoms with van der Waals surface area (Å²) in [6.07, 6.45) is 3.71. The van der Waals surface area contributed by atoms with Crippen molar-refractivity contribution in [3.05, 3.63) is 35.4 Å². The minimum Gasteiger partial charge on any atom is -0.480 e. The Morgan fingerprint density at radius 3 is 2.68 bits per heavy atom. The first-order valence-corrected chi connectivity index (χ1v) is 7.21. The maximum Gasteiger partial charge on any atom is 0.320 e. The lowest BCUT2D eigenvalue weighted by atomic mass is 9.81. The third-order valence-corrected chi connectivity index (χ3v) is 4.07. The van der Waals surface area contributed by atoms with E-state index in [1.807, 2.05) is 13.0 Å². The topological polar surface area (TPSA) is 49.3 Å². The van der Waals surface area contributed by atoms with Gasteiger partial charge in [-0.25, -0.2) is 0 Å². The Kier molecular flexibility index (Phi) is 4.59. The number of aliphatic carboxylic acids is 1. The van der Waals surface area contributed by atoms with E-state index in [9.17, 15) is 9.90 Å². The molecule has 2 N–H and O–H groups in total. The quantitative estimate of drug-likeness (QED) is 0.853. The third-order valence-electron chi connectivity index (χ3n) is 4.07. The predicted molar refractivity (Wildman–Crippen MR) is 76.3 cm³/mol. The predicted octanol–water partition coefficient (Wildman–Crippen LogP) is 3.47. The van der Waals surface area contributed by atoms with E-state index in [1.165, 1.54) is 11.1 Å². The van der Waals surface area contributed by atoms with Crippen molar-refractivity contribution in [1.29, 1.82) is 0 Å². The molecule has 3 nitrogen and oxygen atoms in total. The molecule has 0 fully saturated rings. The molecule has 0 heterocycles. The van der Waals surface area contributed by atoms with Gasteiger partial charge >= 0.3 is 5.97 Å². The van der Waals surface area contributed by atoms with E-state index in [-0.39, 0.29) is 6.04 Å². The largest absolute Gasteiger partial charge is 0.480 e. The molecule has 0 amide bonds. The second-order valence-electron chi connectivity index (χ2n) is 5.51. The molecule has 3 unspecified atom stereocenters. The summed E-state index contributed by atoms with van der Waals surface area (Å²) in [5.41, 5.74) is 2.65. The second kappa shape index (κ2) is 6.20. The zero-order valence-corrected chi connectivity index (χ0v) is 11.7. The van der Waals surface area contributed by atoms with Crippen molar-refractivity contribution in [2.75, 3.05) is 0 Å². The molecule has 0 radical (unpaired) electrons. The molecule has 2 rings (SSSR count). The summed E-state index contributed by atoms with van der Waals surface area (Å²) in [5, 5.41) is 12.6. The number of rotatable bonds is 5. The molecule has 0 spiro atoms. The molecule has 1 aliphatic carbocycles. The Morgan fingerprint density at radius 2 is 2.05 bits per heavy atom. The number of hydrogen-bond donors (Lipinski definition) is 2. The molecule has 3 heteroatoms. The number of carboxylic acids is 1. The Bertz CT molecular complexity index is 444. The van der Waals surface area contributed by atoms with Crippen LogP contribution in [0.3, 0.4) is 0 Å². The van der Waals surface area contributed by atoms with Crippen LogP contribution in [0.1, 0.15) is 62.6 Å². The van der Waals surface area contributed by atoms with E-state index < -0.39 is 12.0 Å². The van der Waals surface area contributed by atoms with E-state index in [4.69, 9.17) is 0 Å². The fraction of sp³-hybridized carbons (Fsp3) is 0.562. The highest BCUT2D eigenvalue weighted by Crippen LogP contribution is 2.37. The van der Waals surface area contributed by atoms with Gasteiger partial charge < -0.3 is 5.11 Å². The van der Waals surface area contributed by atoms with Gasteiger partial charge in [-0.2, -0.15) is 0 Å². The molecule has 0 aliphatic heterocycles. The molecule has 1 aromatic carbocycles. The molecular formula is C16H23NO2. The summed E-state index contributed by atoms with van der Waals surface area (Å²) in [4.78, 5) is 11.3. The molecule has 1 aromatic rings. The first-order valence-electron chi connectivity index (χ1n) is 7.21. The summed E-state index contributed by atoms with van der Waals surface area (Å²) < 4.78 is 0. The van der Waals surface area contributed by atoms with Crippen LogP contribution in [0.5, 0.6) is 0 Å². The number of carbonyl (C=O) groups is 1. The highest BCUT2D eigenvalue weighted by atomic mass is 16.4. The van der Waals surface area contributed by atoms with Gasteiger partial charge in [0.25, 0.3) is 0 Å². The lowest BCUT2D eigenvalue weighted by Gasteiger charge is -2.32. The summed E-state index contributed by atoms with van der Waals surface area (Å²) >= 11 is 0. The summed E-state index contributed by atoms with van der Waals surface area (Å²) in [6.45, 7) is 4.27. The van der Waals surface area contributed by atoms with Crippen LogP contribution in [-0.4, -0.2) is 17.1 Å². The maximum atomic E-state index is 11.3. The number of hydrogen-bond acceptors (Lipinski definition) is 2. The molecule has 3 atom stereocenters. The molecule has 0 saturated heterocycles. The van der Waals surface area contributed by atoms with Gasteiger partial charge in [-0.3, -0.25) is 10.1 Å².